The predicted molar refractivity (Wildman–Crippen MR) is 93.9 cm³/mol. The smallest absolute Gasteiger partial charge is 0.277 e. The molecule has 0 aliphatic rings. The Morgan fingerprint density at radius 1 is 1.38 bits per heavy atom. The van der Waals surface area contributed by atoms with Crippen LogP contribution in [0.15, 0.2) is 41.3 Å². The summed E-state index contributed by atoms with van der Waals surface area (Å²) in [5.41, 5.74) is 2.77. The average molecular weight is 389 g/mol. The van der Waals surface area contributed by atoms with Gasteiger partial charge in [-0.15, -0.1) is 5.10 Å². The van der Waals surface area contributed by atoms with Crippen LogP contribution in [0.5, 0.6) is 0 Å². The molecule has 1 aromatic carbocycles. The minimum absolute atomic E-state index is 0.267. The fourth-order valence-electron chi connectivity index (χ4n) is 2.41. The lowest BCUT2D eigenvalue weighted by Crippen LogP contribution is -2.19. The van der Waals surface area contributed by atoms with Crippen LogP contribution in [0.3, 0.4) is 0 Å². The van der Waals surface area contributed by atoms with Crippen LogP contribution >= 0.6 is 15.9 Å². The maximum atomic E-state index is 12.4. The molecule has 0 aliphatic carbocycles. The average Bonchev–Trinajstić information content (AvgIpc) is 3.13. The summed E-state index contributed by atoms with van der Waals surface area (Å²) < 4.78 is 3.95. The van der Waals surface area contributed by atoms with Crippen molar-refractivity contribution in [3.63, 3.8) is 0 Å². The Kier molecular flexibility index (Phi) is 4.75. The van der Waals surface area contributed by atoms with Crippen LogP contribution in [0.1, 0.15) is 28.5 Å². The molecule has 124 valence electrons. The molecule has 1 N–H and O–H groups in total. The third-order valence-corrected chi connectivity index (χ3v) is 4.08. The van der Waals surface area contributed by atoms with Gasteiger partial charge in [0.1, 0.15) is 12.0 Å². The normalized spacial score (nSPS) is 10.8. The molecule has 3 aromatic rings. The van der Waals surface area contributed by atoms with Gasteiger partial charge in [0, 0.05) is 6.54 Å². The molecule has 8 heteroatoms. The van der Waals surface area contributed by atoms with Gasteiger partial charge >= 0.3 is 0 Å². The van der Waals surface area contributed by atoms with Crippen LogP contribution in [0.2, 0.25) is 0 Å². The highest BCUT2D eigenvalue weighted by Gasteiger charge is 2.18. The standard InChI is InChI=1S/C16H17BrN6O/c1-3-23-14(13(17)8-19-23)15(24)20-16-18-10-22(21-16)9-12-6-4-5-11(2)7-12/h4-8,10H,3,9H2,1-2H3,(H,20,21,24). The van der Waals surface area contributed by atoms with Crippen molar-refractivity contribution in [2.24, 2.45) is 0 Å². The molecular weight excluding hydrogens is 372 g/mol. The maximum absolute atomic E-state index is 12.4. The van der Waals surface area contributed by atoms with E-state index in [0.717, 1.165) is 5.56 Å². The van der Waals surface area contributed by atoms with Crippen molar-refractivity contribution < 1.29 is 4.79 Å². The van der Waals surface area contributed by atoms with E-state index in [2.05, 4.69) is 42.5 Å². The summed E-state index contributed by atoms with van der Waals surface area (Å²) in [7, 11) is 0. The molecule has 3 rings (SSSR count). The summed E-state index contributed by atoms with van der Waals surface area (Å²) in [6.45, 7) is 5.17. The largest absolute Gasteiger partial charge is 0.288 e. The molecule has 7 nitrogen and oxygen atoms in total. The fourth-order valence-corrected chi connectivity index (χ4v) is 2.89. The van der Waals surface area contributed by atoms with E-state index < -0.39 is 0 Å². The Balaban J connectivity index is 1.72. The first-order valence-corrected chi connectivity index (χ1v) is 8.33. The minimum atomic E-state index is -0.297. The second-order valence-corrected chi connectivity index (χ2v) is 6.22. The van der Waals surface area contributed by atoms with Crippen LogP contribution < -0.4 is 5.32 Å². The summed E-state index contributed by atoms with van der Waals surface area (Å²) in [5.74, 6) is -0.0297. The number of halogens is 1. The number of nitrogens with zero attached hydrogens (tertiary/aromatic N) is 5. The number of benzene rings is 1. The fraction of sp³-hybridized carbons (Fsp3) is 0.250. The topological polar surface area (TPSA) is 77.6 Å². The van der Waals surface area contributed by atoms with Gasteiger partial charge in [-0.05, 0) is 35.3 Å². The molecule has 0 aliphatic heterocycles. The van der Waals surface area contributed by atoms with E-state index in [0.29, 0.717) is 23.3 Å². The van der Waals surface area contributed by atoms with Crippen LogP contribution in [-0.2, 0) is 13.1 Å². The number of hydrogen-bond donors (Lipinski definition) is 1. The molecule has 24 heavy (non-hydrogen) atoms. The molecule has 2 heterocycles. The van der Waals surface area contributed by atoms with Crippen molar-refractivity contribution in [1.29, 1.82) is 0 Å². The van der Waals surface area contributed by atoms with E-state index in [1.165, 1.54) is 5.56 Å². The Bertz CT molecular complexity index is 869. The first-order valence-electron chi connectivity index (χ1n) is 7.54. The monoisotopic (exact) mass is 388 g/mol. The predicted octanol–water partition coefficient (Wildman–Crippen LogP) is 2.87. The van der Waals surface area contributed by atoms with Gasteiger partial charge in [-0.25, -0.2) is 9.67 Å². The number of carbonyl (C=O) groups excluding carboxylic acids is 1. The molecule has 0 saturated carbocycles. The van der Waals surface area contributed by atoms with Gasteiger partial charge < -0.3 is 0 Å². The van der Waals surface area contributed by atoms with E-state index in [9.17, 15) is 4.79 Å². The maximum Gasteiger partial charge on any atom is 0.277 e. The van der Waals surface area contributed by atoms with Gasteiger partial charge in [0.05, 0.1) is 17.2 Å². The number of aromatic nitrogens is 5. The van der Waals surface area contributed by atoms with Crippen LogP contribution in [0.4, 0.5) is 5.95 Å². The number of amides is 1. The van der Waals surface area contributed by atoms with Crippen molar-refractivity contribution in [3.8, 4) is 0 Å². The Hall–Kier alpha value is -2.48. The molecule has 0 radical (unpaired) electrons. The van der Waals surface area contributed by atoms with Crippen molar-refractivity contribution >= 4 is 27.8 Å². The van der Waals surface area contributed by atoms with Crippen LogP contribution in [0.25, 0.3) is 0 Å². The zero-order valence-corrected chi connectivity index (χ0v) is 15.0. The highest BCUT2D eigenvalue weighted by molar-refractivity contribution is 9.10. The highest BCUT2D eigenvalue weighted by atomic mass is 79.9. The third kappa shape index (κ3) is 3.53. The molecule has 0 spiro atoms. The molecule has 0 bridgehead atoms. The molecule has 2 aromatic heterocycles. The van der Waals surface area contributed by atoms with Gasteiger partial charge in [0.2, 0.25) is 5.95 Å². The van der Waals surface area contributed by atoms with E-state index in [1.54, 1.807) is 21.9 Å². The number of anilines is 1. The number of aryl methyl sites for hydroxylation is 2. The van der Waals surface area contributed by atoms with Crippen molar-refractivity contribution in [1.82, 2.24) is 24.5 Å². The second-order valence-electron chi connectivity index (χ2n) is 5.37. The van der Waals surface area contributed by atoms with Gasteiger partial charge in [-0.2, -0.15) is 5.10 Å². The van der Waals surface area contributed by atoms with Crippen molar-refractivity contribution in [3.05, 3.63) is 58.1 Å². The lowest BCUT2D eigenvalue weighted by Gasteiger charge is -2.05. The van der Waals surface area contributed by atoms with Crippen LogP contribution in [0, 0.1) is 6.92 Å². The van der Waals surface area contributed by atoms with Gasteiger partial charge in [-0.1, -0.05) is 29.8 Å². The summed E-state index contributed by atoms with van der Waals surface area (Å²) >= 11 is 3.34. The van der Waals surface area contributed by atoms with E-state index in [1.807, 2.05) is 32.0 Å². The van der Waals surface area contributed by atoms with Crippen LogP contribution in [-0.4, -0.2) is 30.5 Å². The number of rotatable bonds is 5. The van der Waals surface area contributed by atoms with E-state index >= 15 is 0 Å². The zero-order chi connectivity index (χ0) is 17.1. The van der Waals surface area contributed by atoms with Gasteiger partial charge in [0.15, 0.2) is 0 Å². The highest BCUT2D eigenvalue weighted by Crippen LogP contribution is 2.17. The number of nitrogens with one attached hydrogen (secondary N) is 1. The van der Waals surface area contributed by atoms with E-state index in [4.69, 9.17) is 0 Å². The lowest BCUT2D eigenvalue weighted by atomic mass is 10.1. The molecule has 0 fully saturated rings. The SMILES string of the molecule is CCn1ncc(Br)c1C(=O)Nc1ncn(Cc2cccc(C)c2)n1. The van der Waals surface area contributed by atoms with E-state index in [-0.39, 0.29) is 11.9 Å². The molecule has 1 amide bonds. The molecule has 0 unspecified atom stereocenters. The summed E-state index contributed by atoms with van der Waals surface area (Å²) in [4.78, 5) is 16.5. The zero-order valence-electron chi connectivity index (χ0n) is 13.4. The minimum Gasteiger partial charge on any atom is -0.288 e. The summed E-state index contributed by atoms with van der Waals surface area (Å²) in [5, 5.41) is 11.1. The molecular formula is C16H17BrN6O. The number of hydrogen-bond acceptors (Lipinski definition) is 4. The first-order chi connectivity index (χ1) is 11.6. The third-order valence-electron chi connectivity index (χ3n) is 3.50. The van der Waals surface area contributed by atoms with Crippen molar-refractivity contribution in [2.45, 2.75) is 26.9 Å². The molecule has 0 saturated heterocycles. The lowest BCUT2D eigenvalue weighted by molar-refractivity contribution is 0.101. The first kappa shape index (κ1) is 16.4. The second kappa shape index (κ2) is 6.96. The van der Waals surface area contributed by atoms with Gasteiger partial charge in [0.25, 0.3) is 5.91 Å². The Morgan fingerprint density at radius 2 is 2.21 bits per heavy atom. The Morgan fingerprint density at radius 3 is 2.96 bits per heavy atom. The van der Waals surface area contributed by atoms with Gasteiger partial charge in [-0.3, -0.25) is 14.8 Å². The Labute approximate surface area is 147 Å². The summed E-state index contributed by atoms with van der Waals surface area (Å²) in [6.07, 6.45) is 3.20. The van der Waals surface area contributed by atoms with Crippen molar-refractivity contribution in [2.75, 3.05) is 5.32 Å². The molecule has 0 atom stereocenters. The summed E-state index contributed by atoms with van der Waals surface area (Å²) in [6, 6.07) is 8.18. The number of carbonyl (C=O) groups is 1. The quantitative estimate of drug-likeness (QED) is 0.728.